The van der Waals surface area contributed by atoms with E-state index >= 15 is 0 Å². The molecular formula is C20H18FN3O. The first-order valence-electron chi connectivity index (χ1n) is 7.92. The lowest BCUT2D eigenvalue weighted by molar-refractivity contribution is 0.0946. The zero-order chi connectivity index (χ0) is 17.6. The first-order chi connectivity index (χ1) is 12.1. The van der Waals surface area contributed by atoms with E-state index in [1.807, 2.05) is 31.2 Å². The third-order valence-electron chi connectivity index (χ3n) is 3.70. The van der Waals surface area contributed by atoms with Gasteiger partial charge in [0, 0.05) is 24.1 Å². The van der Waals surface area contributed by atoms with Gasteiger partial charge < -0.3 is 10.6 Å². The summed E-state index contributed by atoms with van der Waals surface area (Å²) in [4.78, 5) is 16.4. The predicted molar refractivity (Wildman–Crippen MR) is 96.3 cm³/mol. The molecule has 0 aliphatic carbocycles. The molecule has 0 aliphatic rings. The smallest absolute Gasteiger partial charge is 0.270 e. The first kappa shape index (κ1) is 16.6. The van der Waals surface area contributed by atoms with Crippen LogP contribution in [0.4, 0.5) is 15.8 Å². The average Bonchev–Trinajstić information content (AvgIpc) is 2.63. The number of nitrogens with zero attached hydrogens (tertiary/aromatic N) is 1. The quantitative estimate of drug-likeness (QED) is 0.735. The fourth-order valence-electron chi connectivity index (χ4n) is 2.31. The molecule has 0 radical (unpaired) electrons. The number of carbonyl (C=O) groups excluding carboxylic acids is 1. The Balaban J connectivity index is 1.64. The summed E-state index contributed by atoms with van der Waals surface area (Å²) in [5, 5.41) is 6.03. The summed E-state index contributed by atoms with van der Waals surface area (Å²) in [6.45, 7) is 2.34. The number of anilines is 2. The van der Waals surface area contributed by atoms with Crippen molar-refractivity contribution >= 4 is 17.3 Å². The molecule has 0 aliphatic heterocycles. The van der Waals surface area contributed by atoms with Gasteiger partial charge in [-0.3, -0.25) is 9.78 Å². The van der Waals surface area contributed by atoms with Crippen molar-refractivity contribution in [1.82, 2.24) is 10.3 Å². The van der Waals surface area contributed by atoms with Gasteiger partial charge in [0.1, 0.15) is 11.5 Å². The summed E-state index contributed by atoms with van der Waals surface area (Å²) in [5.41, 5.74) is 4.05. The van der Waals surface area contributed by atoms with Crippen LogP contribution in [0.5, 0.6) is 0 Å². The number of nitrogens with one attached hydrogen (secondary N) is 2. The average molecular weight is 335 g/mol. The Morgan fingerprint density at radius 3 is 2.44 bits per heavy atom. The van der Waals surface area contributed by atoms with Crippen LogP contribution in [0.3, 0.4) is 0 Å². The monoisotopic (exact) mass is 335 g/mol. The van der Waals surface area contributed by atoms with Crippen LogP contribution in [-0.2, 0) is 6.54 Å². The van der Waals surface area contributed by atoms with Gasteiger partial charge in [-0.15, -0.1) is 0 Å². The Hall–Kier alpha value is -3.21. The minimum absolute atomic E-state index is 0.281. The van der Waals surface area contributed by atoms with Crippen LogP contribution < -0.4 is 10.6 Å². The first-order valence-corrected chi connectivity index (χ1v) is 7.92. The van der Waals surface area contributed by atoms with Gasteiger partial charge in [0.15, 0.2) is 0 Å². The minimum Gasteiger partial charge on any atom is -0.355 e. The molecule has 1 amide bonds. The van der Waals surface area contributed by atoms with E-state index in [0.717, 1.165) is 16.9 Å². The SMILES string of the molecule is Cc1ccc(Nc2ccnc(C(=O)NCc3ccc(F)cc3)c2)cc1. The number of benzene rings is 2. The lowest BCUT2D eigenvalue weighted by Gasteiger charge is -2.09. The highest BCUT2D eigenvalue weighted by molar-refractivity contribution is 5.93. The van der Waals surface area contributed by atoms with Crippen molar-refractivity contribution < 1.29 is 9.18 Å². The second-order valence-electron chi connectivity index (χ2n) is 5.73. The molecule has 126 valence electrons. The van der Waals surface area contributed by atoms with Gasteiger partial charge in [0.2, 0.25) is 0 Å². The molecule has 0 spiro atoms. The van der Waals surface area contributed by atoms with E-state index in [0.29, 0.717) is 12.2 Å². The summed E-state index contributed by atoms with van der Waals surface area (Å²) in [6, 6.07) is 17.5. The third-order valence-corrected chi connectivity index (χ3v) is 3.70. The fraction of sp³-hybridized carbons (Fsp3) is 0.100. The zero-order valence-corrected chi connectivity index (χ0v) is 13.8. The molecule has 2 N–H and O–H groups in total. The van der Waals surface area contributed by atoms with Crippen molar-refractivity contribution in [3.63, 3.8) is 0 Å². The number of hydrogen-bond acceptors (Lipinski definition) is 3. The molecule has 4 nitrogen and oxygen atoms in total. The summed E-state index contributed by atoms with van der Waals surface area (Å²) >= 11 is 0. The van der Waals surface area contributed by atoms with Crippen molar-refractivity contribution in [2.45, 2.75) is 13.5 Å². The molecule has 0 bridgehead atoms. The van der Waals surface area contributed by atoms with Crippen LogP contribution in [0.15, 0.2) is 66.9 Å². The number of pyridine rings is 1. The highest BCUT2D eigenvalue weighted by Gasteiger charge is 2.08. The Kier molecular flexibility index (Phi) is 5.04. The molecule has 25 heavy (non-hydrogen) atoms. The number of amides is 1. The molecule has 3 rings (SSSR count). The maximum Gasteiger partial charge on any atom is 0.270 e. The van der Waals surface area contributed by atoms with Gasteiger partial charge in [-0.25, -0.2) is 4.39 Å². The Morgan fingerprint density at radius 2 is 1.72 bits per heavy atom. The summed E-state index contributed by atoms with van der Waals surface area (Å²) in [5.74, 6) is -0.580. The number of hydrogen-bond donors (Lipinski definition) is 2. The Bertz CT molecular complexity index is 861. The second kappa shape index (κ2) is 7.57. The molecule has 3 aromatic rings. The molecule has 1 heterocycles. The minimum atomic E-state index is -0.299. The van der Waals surface area contributed by atoms with Crippen LogP contribution in [-0.4, -0.2) is 10.9 Å². The lowest BCUT2D eigenvalue weighted by atomic mass is 10.2. The van der Waals surface area contributed by atoms with Crippen LogP contribution in [0.25, 0.3) is 0 Å². The van der Waals surface area contributed by atoms with Crippen molar-refractivity contribution in [1.29, 1.82) is 0 Å². The zero-order valence-electron chi connectivity index (χ0n) is 13.8. The van der Waals surface area contributed by atoms with Gasteiger partial charge in [0.05, 0.1) is 0 Å². The maximum absolute atomic E-state index is 12.9. The standard InChI is InChI=1S/C20H18FN3O/c1-14-2-8-17(9-3-14)24-18-10-11-22-19(12-18)20(25)23-13-15-4-6-16(21)7-5-15/h2-12H,13H2,1H3,(H,22,24)(H,23,25). The summed E-state index contributed by atoms with van der Waals surface area (Å²) in [6.07, 6.45) is 1.59. The molecule has 1 aromatic heterocycles. The van der Waals surface area contributed by atoms with E-state index in [2.05, 4.69) is 15.6 Å². The molecule has 0 saturated carbocycles. The van der Waals surface area contributed by atoms with Gasteiger partial charge in [-0.05, 0) is 48.9 Å². The Morgan fingerprint density at radius 1 is 1.00 bits per heavy atom. The van der Waals surface area contributed by atoms with Gasteiger partial charge in [0.25, 0.3) is 5.91 Å². The molecule has 0 saturated heterocycles. The van der Waals surface area contributed by atoms with Crippen LogP contribution >= 0.6 is 0 Å². The van der Waals surface area contributed by atoms with Gasteiger partial charge in [-0.1, -0.05) is 29.8 Å². The van der Waals surface area contributed by atoms with E-state index in [4.69, 9.17) is 0 Å². The van der Waals surface area contributed by atoms with Crippen LogP contribution in [0.2, 0.25) is 0 Å². The predicted octanol–water partition coefficient (Wildman–Crippen LogP) is 4.20. The van der Waals surface area contributed by atoms with E-state index < -0.39 is 0 Å². The molecule has 2 aromatic carbocycles. The maximum atomic E-state index is 12.9. The highest BCUT2D eigenvalue weighted by atomic mass is 19.1. The van der Waals surface area contributed by atoms with E-state index in [1.54, 1.807) is 30.5 Å². The van der Waals surface area contributed by atoms with Crippen LogP contribution in [0, 0.1) is 12.7 Å². The number of rotatable bonds is 5. The second-order valence-corrected chi connectivity index (χ2v) is 5.73. The van der Waals surface area contributed by atoms with Crippen molar-refractivity contribution in [2.75, 3.05) is 5.32 Å². The number of halogens is 1. The van der Waals surface area contributed by atoms with Crippen molar-refractivity contribution in [2.24, 2.45) is 0 Å². The van der Waals surface area contributed by atoms with E-state index in [-0.39, 0.29) is 11.7 Å². The molecule has 5 heteroatoms. The van der Waals surface area contributed by atoms with Crippen LogP contribution in [0.1, 0.15) is 21.6 Å². The molecule has 0 fully saturated rings. The summed E-state index contributed by atoms with van der Waals surface area (Å²) in [7, 11) is 0. The normalized spacial score (nSPS) is 10.3. The highest BCUT2D eigenvalue weighted by Crippen LogP contribution is 2.17. The van der Waals surface area contributed by atoms with E-state index in [9.17, 15) is 9.18 Å². The molecule has 0 unspecified atom stereocenters. The topological polar surface area (TPSA) is 54.0 Å². The van der Waals surface area contributed by atoms with Crippen molar-refractivity contribution in [3.05, 3.63) is 89.5 Å². The third kappa shape index (κ3) is 4.64. The fourth-order valence-corrected chi connectivity index (χ4v) is 2.31. The number of aryl methyl sites for hydroxylation is 1. The molecule has 0 atom stereocenters. The summed E-state index contributed by atoms with van der Waals surface area (Å²) < 4.78 is 12.9. The lowest BCUT2D eigenvalue weighted by Crippen LogP contribution is -2.23. The molecular weight excluding hydrogens is 317 g/mol. The number of aromatic nitrogens is 1. The van der Waals surface area contributed by atoms with Crippen molar-refractivity contribution in [3.8, 4) is 0 Å². The van der Waals surface area contributed by atoms with E-state index in [1.165, 1.54) is 17.7 Å². The van der Waals surface area contributed by atoms with Gasteiger partial charge >= 0.3 is 0 Å². The largest absolute Gasteiger partial charge is 0.355 e. The number of carbonyl (C=O) groups is 1. The van der Waals surface area contributed by atoms with Gasteiger partial charge in [-0.2, -0.15) is 0 Å². The Labute approximate surface area is 145 Å².